The van der Waals surface area contributed by atoms with E-state index in [4.69, 9.17) is 28.2 Å². The van der Waals surface area contributed by atoms with Crippen LogP contribution in [0.3, 0.4) is 0 Å². The van der Waals surface area contributed by atoms with Gasteiger partial charge in [-0.1, -0.05) is 23.2 Å². The van der Waals surface area contributed by atoms with Crippen molar-refractivity contribution in [1.82, 2.24) is 9.88 Å². The van der Waals surface area contributed by atoms with Gasteiger partial charge in [0.25, 0.3) is 0 Å². The Labute approximate surface area is 146 Å². The Kier molecular flexibility index (Phi) is 4.70. The first-order valence-electron chi connectivity index (χ1n) is 7.78. The maximum absolute atomic E-state index is 9.21. The van der Waals surface area contributed by atoms with Crippen LogP contribution < -0.4 is 4.90 Å². The fraction of sp³-hybridized carbons (Fsp3) is 0.471. The average Bonchev–Trinajstić information content (AvgIpc) is 2.52. The molecule has 2 heterocycles. The molecule has 4 nitrogen and oxygen atoms in total. The van der Waals surface area contributed by atoms with Crippen LogP contribution >= 0.6 is 23.2 Å². The number of piperazine rings is 1. The van der Waals surface area contributed by atoms with Gasteiger partial charge in [0.15, 0.2) is 0 Å². The Morgan fingerprint density at radius 3 is 2.57 bits per heavy atom. The maximum Gasteiger partial charge on any atom is 0.129 e. The second kappa shape index (κ2) is 6.44. The van der Waals surface area contributed by atoms with Gasteiger partial charge < -0.3 is 10.0 Å². The molecule has 1 N–H and O–H groups in total. The fourth-order valence-corrected chi connectivity index (χ4v) is 3.66. The zero-order valence-electron chi connectivity index (χ0n) is 13.4. The monoisotopic (exact) mass is 353 g/mol. The number of anilines is 1. The lowest BCUT2D eigenvalue weighted by atomic mass is 9.98. The van der Waals surface area contributed by atoms with Crippen LogP contribution in [0.4, 0.5) is 5.82 Å². The molecule has 1 aliphatic heterocycles. The zero-order chi connectivity index (χ0) is 16.6. The van der Waals surface area contributed by atoms with Crippen molar-refractivity contribution in [3.8, 4) is 0 Å². The van der Waals surface area contributed by atoms with E-state index in [1.807, 2.05) is 12.1 Å². The molecule has 0 aliphatic carbocycles. The second-order valence-electron chi connectivity index (χ2n) is 6.54. The summed E-state index contributed by atoms with van der Waals surface area (Å²) in [4.78, 5) is 9.32. The topological polar surface area (TPSA) is 39.6 Å². The summed E-state index contributed by atoms with van der Waals surface area (Å²) in [7, 11) is 0. The largest absolute Gasteiger partial charge is 0.395 e. The number of aromatic nitrogens is 1. The smallest absolute Gasteiger partial charge is 0.129 e. The predicted molar refractivity (Wildman–Crippen MR) is 96.7 cm³/mol. The molecule has 0 bridgehead atoms. The van der Waals surface area contributed by atoms with Gasteiger partial charge in [-0.3, -0.25) is 4.90 Å². The van der Waals surface area contributed by atoms with Crippen LogP contribution in [0.2, 0.25) is 10.0 Å². The molecule has 0 saturated carbocycles. The second-order valence-corrected chi connectivity index (χ2v) is 7.35. The van der Waals surface area contributed by atoms with Gasteiger partial charge in [-0.25, -0.2) is 4.98 Å². The molecule has 1 aromatic heterocycles. The minimum absolute atomic E-state index is 0.0181. The minimum Gasteiger partial charge on any atom is -0.395 e. The van der Waals surface area contributed by atoms with E-state index in [1.165, 1.54) is 0 Å². The van der Waals surface area contributed by atoms with E-state index < -0.39 is 0 Å². The van der Waals surface area contributed by atoms with Gasteiger partial charge in [0.05, 0.1) is 22.2 Å². The number of nitrogens with zero attached hydrogens (tertiary/aromatic N) is 3. The van der Waals surface area contributed by atoms with Crippen molar-refractivity contribution >= 4 is 39.9 Å². The van der Waals surface area contributed by atoms with Gasteiger partial charge >= 0.3 is 0 Å². The van der Waals surface area contributed by atoms with Crippen molar-refractivity contribution in [3.05, 3.63) is 34.3 Å². The molecule has 6 heteroatoms. The normalized spacial score (nSPS) is 18.6. The van der Waals surface area contributed by atoms with Gasteiger partial charge in [0.2, 0.25) is 0 Å². The molecule has 1 aliphatic rings. The van der Waals surface area contributed by atoms with Crippen molar-refractivity contribution in [1.29, 1.82) is 0 Å². The molecule has 1 fully saturated rings. The number of pyridine rings is 1. The number of hydrogen-bond donors (Lipinski definition) is 1. The molecule has 0 atom stereocenters. The quantitative estimate of drug-likeness (QED) is 0.917. The standard InChI is InChI=1S/C17H21Cl2N3O/c1-17(2)11-21(7-8-22(17)9-10-23)15-6-3-12-13(18)4-5-14(19)16(12)20-15/h3-6,23H,7-11H2,1-2H3. The Morgan fingerprint density at radius 1 is 1.13 bits per heavy atom. The van der Waals surface area contributed by atoms with Gasteiger partial charge in [-0.15, -0.1) is 0 Å². The average molecular weight is 354 g/mol. The van der Waals surface area contributed by atoms with Crippen molar-refractivity contribution in [2.24, 2.45) is 0 Å². The number of hydrogen-bond acceptors (Lipinski definition) is 4. The van der Waals surface area contributed by atoms with E-state index >= 15 is 0 Å². The first-order valence-corrected chi connectivity index (χ1v) is 8.53. The summed E-state index contributed by atoms with van der Waals surface area (Å²) in [5.41, 5.74) is 0.725. The number of aliphatic hydroxyl groups excluding tert-OH is 1. The number of rotatable bonds is 3. The summed E-state index contributed by atoms with van der Waals surface area (Å²) in [5.74, 6) is 0.915. The van der Waals surface area contributed by atoms with E-state index in [0.29, 0.717) is 16.6 Å². The van der Waals surface area contributed by atoms with Crippen LogP contribution in [0.25, 0.3) is 10.9 Å². The van der Waals surface area contributed by atoms with E-state index in [-0.39, 0.29) is 12.1 Å². The van der Waals surface area contributed by atoms with E-state index in [2.05, 4.69) is 23.6 Å². The lowest BCUT2D eigenvalue weighted by molar-refractivity contribution is 0.0811. The summed E-state index contributed by atoms with van der Waals surface area (Å²) in [6.07, 6.45) is 0. The highest BCUT2D eigenvalue weighted by molar-refractivity contribution is 6.39. The van der Waals surface area contributed by atoms with Crippen molar-refractivity contribution in [2.45, 2.75) is 19.4 Å². The first-order chi connectivity index (χ1) is 10.9. The predicted octanol–water partition coefficient (Wildman–Crippen LogP) is 3.43. The number of halogens is 2. The lowest BCUT2D eigenvalue weighted by Gasteiger charge is -2.47. The van der Waals surface area contributed by atoms with Gasteiger partial charge in [0, 0.05) is 37.1 Å². The molecule has 3 rings (SSSR count). The highest BCUT2D eigenvalue weighted by Gasteiger charge is 2.33. The number of aliphatic hydroxyl groups is 1. The summed E-state index contributed by atoms with van der Waals surface area (Å²) < 4.78 is 0. The van der Waals surface area contributed by atoms with Gasteiger partial charge in [-0.2, -0.15) is 0 Å². The SMILES string of the molecule is CC1(C)CN(c2ccc3c(Cl)ccc(Cl)c3n2)CCN1CCO. The van der Waals surface area contributed by atoms with Crippen LogP contribution in [0.5, 0.6) is 0 Å². The summed E-state index contributed by atoms with van der Waals surface area (Å²) in [6.45, 7) is 7.90. The van der Waals surface area contributed by atoms with Crippen LogP contribution in [0, 0.1) is 0 Å². The Morgan fingerprint density at radius 2 is 1.87 bits per heavy atom. The fourth-order valence-electron chi connectivity index (χ4n) is 3.24. The Balaban J connectivity index is 1.91. The highest BCUT2D eigenvalue weighted by atomic mass is 35.5. The van der Waals surface area contributed by atoms with Crippen LogP contribution in [-0.2, 0) is 0 Å². The zero-order valence-corrected chi connectivity index (χ0v) is 14.9. The Hall–Kier alpha value is -1.07. The minimum atomic E-state index is -0.0181. The number of fused-ring (bicyclic) bond motifs is 1. The molecule has 23 heavy (non-hydrogen) atoms. The molecule has 0 radical (unpaired) electrons. The van der Waals surface area contributed by atoms with E-state index in [9.17, 15) is 5.11 Å². The van der Waals surface area contributed by atoms with Crippen LogP contribution in [0.1, 0.15) is 13.8 Å². The molecule has 0 spiro atoms. The van der Waals surface area contributed by atoms with Crippen molar-refractivity contribution in [3.63, 3.8) is 0 Å². The first kappa shape index (κ1) is 16.8. The molecular formula is C17H21Cl2N3O. The number of benzene rings is 1. The molecule has 1 saturated heterocycles. The molecular weight excluding hydrogens is 333 g/mol. The molecule has 124 valence electrons. The third-order valence-corrected chi connectivity index (χ3v) is 5.14. The van der Waals surface area contributed by atoms with Gasteiger partial charge in [0.1, 0.15) is 5.82 Å². The van der Waals surface area contributed by atoms with Crippen LogP contribution in [0.15, 0.2) is 24.3 Å². The maximum atomic E-state index is 9.21. The molecule has 0 amide bonds. The van der Waals surface area contributed by atoms with Crippen LogP contribution in [-0.4, -0.2) is 53.3 Å². The lowest BCUT2D eigenvalue weighted by Crippen LogP contribution is -2.60. The molecule has 0 unspecified atom stereocenters. The number of β-amino-alcohol motifs (C(OH)–C–C–N with tert-alkyl or cyclic N) is 1. The summed E-state index contributed by atoms with van der Waals surface area (Å²) >= 11 is 12.5. The third-order valence-electron chi connectivity index (χ3n) is 4.51. The molecule has 2 aromatic rings. The molecule has 1 aromatic carbocycles. The summed E-state index contributed by atoms with van der Waals surface area (Å²) in [5, 5.41) is 11.4. The van der Waals surface area contributed by atoms with Crippen molar-refractivity contribution < 1.29 is 5.11 Å². The highest BCUT2D eigenvalue weighted by Crippen LogP contribution is 2.31. The third kappa shape index (κ3) is 3.26. The Bertz CT molecular complexity index is 720. The van der Waals surface area contributed by atoms with Crippen molar-refractivity contribution in [2.75, 3.05) is 37.7 Å². The summed E-state index contributed by atoms with van der Waals surface area (Å²) in [6, 6.07) is 7.57. The van der Waals surface area contributed by atoms with E-state index in [0.717, 1.165) is 36.4 Å². The van der Waals surface area contributed by atoms with Gasteiger partial charge in [-0.05, 0) is 38.1 Å². The van der Waals surface area contributed by atoms with E-state index in [1.54, 1.807) is 12.1 Å².